The van der Waals surface area contributed by atoms with Gasteiger partial charge in [-0.05, 0) is 36.4 Å². The van der Waals surface area contributed by atoms with Gasteiger partial charge in [0.1, 0.15) is 25.0 Å². The number of hydrogen-bond acceptors (Lipinski definition) is 2. The molecule has 1 atom stereocenters. The Bertz CT molecular complexity index is 833. The summed E-state index contributed by atoms with van der Waals surface area (Å²) in [7, 11) is 2.06. The number of aliphatic hydroxyl groups excluding tert-OH is 1. The van der Waals surface area contributed by atoms with Crippen molar-refractivity contribution in [2.45, 2.75) is 26.0 Å². The van der Waals surface area contributed by atoms with Gasteiger partial charge >= 0.3 is 0 Å². The average Bonchev–Trinajstić information content (AvgIpc) is 2.86. The third kappa shape index (κ3) is 4.46. The van der Waals surface area contributed by atoms with E-state index >= 15 is 0 Å². The molecule has 2 aromatic carbocycles. The van der Waals surface area contributed by atoms with Crippen LogP contribution in [0.1, 0.15) is 12.7 Å². The van der Waals surface area contributed by atoms with Gasteiger partial charge < -0.3 is 33.8 Å². The molecule has 0 spiro atoms. The van der Waals surface area contributed by atoms with Crippen LogP contribution in [0.2, 0.25) is 5.02 Å². The summed E-state index contributed by atoms with van der Waals surface area (Å²) in [6.07, 6.45) is 0.303. The second-order valence-corrected chi connectivity index (χ2v) is 6.28. The number of para-hydroxylation sites is 2. The second-order valence-electron chi connectivity index (χ2n) is 5.85. The summed E-state index contributed by atoms with van der Waals surface area (Å²) in [6.45, 7) is 2.86. The summed E-state index contributed by atoms with van der Waals surface area (Å²) in [5, 5.41) is 11.1. The summed E-state index contributed by atoms with van der Waals surface area (Å²) in [5.74, 6) is 1.89. The van der Waals surface area contributed by atoms with Gasteiger partial charge in [-0.2, -0.15) is 0 Å². The molecule has 0 bridgehead atoms. The van der Waals surface area contributed by atoms with Gasteiger partial charge in [0.15, 0.2) is 11.0 Å². The highest BCUT2D eigenvalue weighted by atomic mass is 127. The molecule has 4 nitrogen and oxygen atoms in total. The lowest BCUT2D eigenvalue weighted by molar-refractivity contribution is -0.653. The van der Waals surface area contributed by atoms with Gasteiger partial charge in [-0.25, -0.2) is 9.13 Å². The summed E-state index contributed by atoms with van der Waals surface area (Å²) in [6, 6.07) is 15.4. The number of aliphatic hydroxyl groups is 1. The topological polar surface area (TPSA) is 38.3 Å². The quantitative estimate of drug-likeness (QED) is 0.409. The van der Waals surface area contributed by atoms with Gasteiger partial charge in [0, 0.05) is 11.4 Å². The summed E-state index contributed by atoms with van der Waals surface area (Å²) < 4.78 is 10.0. The van der Waals surface area contributed by atoms with Crippen LogP contribution in [-0.2, 0) is 20.0 Å². The van der Waals surface area contributed by atoms with Crippen LogP contribution < -0.4 is 33.3 Å². The van der Waals surface area contributed by atoms with Crippen LogP contribution in [0.15, 0.2) is 48.5 Å². The fourth-order valence-corrected chi connectivity index (χ4v) is 3.18. The highest BCUT2D eigenvalue weighted by Gasteiger charge is 2.23. The van der Waals surface area contributed by atoms with Gasteiger partial charge in [0.2, 0.25) is 0 Å². The monoisotopic (exact) mass is 472 g/mol. The first-order valence-corrected chi connectivity index (χ1v) is 8.50. The van der Waals surface area contributed by atoms with Crippen LogP contribution in [0.25, 0.3) is 11.0 Å². The Labute approximate surface area is 170 Å². The number of nitrogens with zero attached hydrogens (tertiary/aromatic N) is 2. The number of halogens is 2. The number of fused-ring (bicyclic) bond motifs is 1. The lowest BCUT2D eigenvalue weighted by Gasteiger charge is -2.12. The van der Waals surface area contributed by atoms with Crippen molar-refractivity contribution in [3.05, 3.63) is 59.4 Å². The van der Waals surface area contributed by atoms with Crippen LogP contribution in [0.3, 0.4) is 0 Å². The number of benzene rings is 2. The van der Waals surface area contributed by atoms with Crippen LogP contribution in [0, 0.1) is 0 Å². The van der Waals surface area contributed by atoms with E-state index in [-0.39, 0.29) is 30.6 Å². The average molecular weight is 473 g/mol. The van der Waals surface area contributed by atoms with E-state index in [1.807, 2.05) is 12.1 Å². The molecular formula is C19H22ClIN2O2. The number of rotatable bonds is 6. The maximum Gasteiger partial charge on any atom is 0.256 e. The van der Waals surface area contributed by atoms with Crippen molar-refractivity contribution >= 4 is 22.6 Å². The van der Waals surface area contributed by atoms with Crippen molar-refractivity contribution in [3.8, 4) is 5.75 Å². The fraction of sp³-hybridized carbons (Fsp3) is 0.316. The van der Waals surface area contributed by atoms with Gasteiger partial charge in [-0.3, -0.25) is 0 Å². The maximum atomic E-state index is 10.4. The molecule has 0 aliphatic carbocycles. The lowest BCUT2D eigenvalue weighted by atomic mass is 10.3. The molecule has 1 N–H and O–H groups in total. The Morgan fingerprint density at radius 1 is 1.16 bits per heavy atom. The Kier molecular flexibility index (Phi) is 7.10. The van der Waals surface area contributed by atoms with Crippen molar-refractivity contribution in [1.29, 1.82) is 0 Å². The van der Waals surface area contributed by atoms with Crippen molar-refractivity contribution < 1.29 is 38.4 Å². The van der Waals surface area contributed by atoms with Crippen molar-refractivity contribution in [2.75, 3.05) is 6.61 Å². The molecule has 0 saturated heterocycles. The molecule has 1 aromatic heterocycles. The standard InChI is InChI=1S/C19H22ClN2O2.HI/c1-3-19-21(2)17-6-4-5-7-18(17)22(19)12-15(23)13-24-16-10-8-14(20)9-11-16;/h4-11,15,23H,3,12-13H2,1-2H3;1H/q+1;/p-1. The maximum absolute atomic E-state index is 10.4. The molecule has 25 heavy (non-hydrogen) atoms. The molecule has 0 fully saturated rings. The van der Waals surface area contributed by atoms with Gasteiger partial charge in [0.25, 0.3) is 5.82 Å². The van der Waals surface area contributed by atoms with E-state index in [4.69, 9.17) is 16.3 Å². The van der Waals surface area contributed by atoms with E-state index in [0.717, 1.165) is 11.9 Å². The molecule has 0 aliphatic heterocycles. The molecule has 0 aliphatic rings. The molecule has 6 heteroatoms. The van der Waals surface area contributed by atoms with E-state index in [9.17, 15) is 5.11 Å². The van der Waals surface area contributed by atoms with Crippen molar-refractivity contribution in [3.63, 3.8) is 0 Å². The Morgan fingerprint density at radius 3 is 2.52 bits per heavy atom. The van der Waals surface area contributed by atoms with Crippen LogP contribution in [0.5, 0.6) is 5.75 Å². The van der Waals surface area contributed by atoms with E-state index < -0.39 is 6.10 Å². The lowest BCUT2D eigenvalue weighted by Crippen LogP contribution is -3.00. The predicted octanol–water partition coefficient (Wildman–Crippen LogP) is 0.126. The molecular weight excluding hydrogens is 451 g/mol. The number of imidazole rings is 1. The van der Waals surface area contributed by atoms with E-state index in [1.165, 1.54) is 11.3 Å². The first-order valence-electron chi connectivity index (χ1n) is 8.12. The molecule has 3 aromatic rings. The van der Waals surface area contributed by atoms with Gasteiger partial charge in [-0.15, -0.1) is 0 Å². The van der Waals surface area contributed by atoms with E-state index in [0.29, 0.717) is 17.3 Å². The number of ether oxygens (including phenoxy) is 1. The minimum atomic E-state index is -0.596. The Morgan fingerprint density at radius 2 is 1.84 bits per heavy atom. The second kappa shape index (κ2) is 8.87. The molecule has 134 valence electrons. The first-order chi connectivity index (χ1) is 11.6. The number of aromatic nitrogens is 2. The smallest absolute Gasteiger partial charge is 0.256 e. The summed E-state index contributed by atoms with van der Waals surface area (Å²) in [5.41, 5.74) is 2.29. The fourth-order valence-electron chi connectivity index (χ4n) is 3.05. The zero-order chi connectivity index (χ0) is 17.1. The Hall–Kier alpha value is -1.31. The van der Waals surface area contributed by atoms with Gasteiger partial charge in [0.05, 0.1) is 7.05 Å². The van der Waals surface area contributed by atoms with Crippen LogP contribution >= 0.6 is 11.6 Å². The van der Waals surface area contributed by atoms with Gasteiger partial charge in [-0.1, -0.05) is 30.7 Å². The molecule has 0 amide bonds. The molecule has 1 unspecified atom stereocenters. The van der Waals surface area contributed by atoms with E-state index in [1.54, 1.807) is 24.3 Å². The summed E-state index contributed by atoms with van der Waals surface area (Å²) >= 11 is 5.86. The molecule has 0 saturated carbocycles. The van der Waals surface area contributed by atoms with Crippen LogP contribution in [-0.4, -0.2) is 22.4 Å². The third-order valence-corrected chi connectivity index (χ3v) is 4.45. The highest BCUT2D eigenvalue weighted by Crippen LogP contribution is 2.17. The minimum absolute atomic E-state index is 0. The predicted molar refractivity (Wildman–Crippen MR) is 95.4 cm³/mol. The first kappa shape index (κ1) is 20.0. The zero-order valence-electron chi connectivity index (χ0n) is 14.3. The minimum Gasteiger partial charge on any atom is -1.00 e. The normalized spacial score (nSPS) is 12.0. The molecule has 0 radical (unpaired) electrons. The van der Waals surface area contributed by atoms with Crippen molar-refractivity contribution in [1.82, 2.24) is 4.57 Å². The third-order valence-electron chi connectivity index (χ3n) is 4.20. The molecule has 1 heterocycles. The SMILES string of the molecule is CCc1n(CC(O)COc2ccc(Cl)cc2)c2ccccc2[n+]1C.[I-]. The number of aryl methyl sites for hydroxylation is 1. The van der Waals surface area contributed by atoms with E-state index in [2.05, 4.69) is 35.2 Å². The van der Waals surface area contributed by atoms with Crippen LogP contribution in [0.4, 0.5) is 0 Å². The van der Waals surface area contributed by atoms with Crippen molar-refractivity contribution in [2.24, 2.45) is 7.05 Å². The Balaban J connectivity index is 0.00000225. The largest absolute Gasteiger partial charge is 1.00 e. The number of hydrogen-bond donors (Lipinski definition) is 1. The molecule has 3 rings (SSSR count). The zero-order valence-corrected chi connectivity index (χ0v) is 17.2. The highest BCUT2D eigenvalue weighted by molar-refractivity contribution is 6.30. The summed E-state index contributed by atoms with van der Waals surface area (Å²) in [4.78, 5) is 0.